The quantitative estimate of drug-likeness (QED) is 0.761. The van der Waals surface area contributed by atoms with Gasteiger partial charge in [-0.25, -0.2) is 8.42 Å². The molecule has 2 fully saturated rings. The predicted molar refractivity (Wildman–Crippen MR) is 69.9 cm³/mol. The van der Waals surface area contributed by atoms with Crippen LogP contribution < -0.4 is 5.32 Å². The Kier molecular flexibility index (Phi) is 4.44. The van der Waals surface area contributed by atoms with E-state index >= 15 is 0 Å². The summed E-state index contributed by atoms with van der Waals surface area (Å²) in [6, 6.07) is 0.960. The van der Waals surface area contributed by atoms with Crippen LogP contribution in [0.3, 0.4) is 0 Å². The largest absolute Gasteiger partial charge is 0.312 e. The summed E-state index contributed by atoms with van der Waals surface area (Å²) in [6.45, 7) is 5.04. The lowest BCUT2D eigenvalue weighted by molar-refractivity contribution is 0.249. The van der Waals surface area contributed by atoms with Crippen molar-refractivity contribution in [1.29, 1.82) is 0 Å². The van der Waals surface area contributed by atoms with Crippen LogP contribution in [0.1, 0.15) is 32.6 Å². The van der Waals surface area contributed by atoms with Crippen molar-refractivity contribution in [2.45, 2.75) is 44.7 Å². The van der Waals surface area contributed by atoms with Crippen LogP contribution in [0.25, 0.3) is 0 Å². The first-order chi connectivity index (χ1) is 8.11. The molecular weight excluding hydrogens is 236 g/mol. The summed E-state index contributed by atoms with van der Waals surface area (Å²) in [4.78, 5) is 2.53. The van der Waals surface area contributed by atoms with Gasteiger partial charge in [0.1, 0.15) is 0 Å². The Balaban J connectivity index is 1.76. The molecule has 1 heterocycles. The van der Waals surface area contributed by atoms with Gasteiger partial charge in [0.2, 0.25) is 0 Å². The van der Waals surface area contributed by atoms with Gasteiger partial charge in [-0.15, -0.1) is 0 Å². The molecule has 100 valence electrons. The first kappa shape index (κ1) is 13.3. The first-order valence-corrected chi connectivity index (χ1v) is 8.61. The second-order valence-corrected chi connectivity index (χ2v) is 7.55. The van der Waals surface area contributed by atoms with Crippen LogP contribution in [-0.2, 0) is 9.84 Å². The number of hydrogen-bond donors (Lipinski definition) is 1. The van der Waals surface area contributed by atoms with Crippen LogP contribution in [0.2, 0.25) is 0 Å². The van der Waals surface area contributed by atoms with E-state index in [0.717, 1.165) is 25.6 Å². The number of nitrogens with one attached hydrogen (secondary N) is 1. The molecule has 1 N–H and O–H groups in total. The van der Waals surface area contributed by atoms with E-state index in [2.05, 4.69) is 17.1 Å². The fourth-order valence-electron chi connectivity index (χ4n) is 2.58. The Morgan fingerprint density at radius 2 is 2.06 bits per heavy atom. The van der Waals surface area contributed by atoms with Crippen LogP contribution in [0.4, 0.5) is 0 Å². The molecule has 2 rings (SSSR count). The van der Waals surface area contributed by atoms with Crippen molar-refractivity contribution < 1.29 is 8.42 Å². The molecule has 0 radical (unpaired) electrons. The molecule has 1 aliphatic carbocycles. The highest BCUT2D eigenvalue weighted by molar-refractivity contribution is 7.91. The summed E-state index contributed by atoms with van der Waals surface area (Å²) < 4.78 is 23.0. The summed E-state index contributed by atoms with van der Waals surface area (Å²) in [7, 11) is -2.78. The number of sulfone groups is 1. The predicted octanol–water partition coefficient (Wildman–Crippen LogP) is 0.638. The molecule has 2 aliphatic rings. The van der Waals surface area contributed by atoms with E-state index in [1.807, 2.05) is 0 Å². The lowest BCUT2D eigenvalue weighted by atomic mass is 10.2. The summed E-state index contributed by atoms with van der Waals surface area (Å²) in [5.74, 6) is 0.641. The average Bonchev–Trinajstić information content (AvgIpc) is 3.06. The van der Waals surface area contributed by atoms with Crippen molar-refractivity contribution in [3.63, 3.8) is 0 Å². The maximum absolute atomic E-state index is 11.5. The van der Waals surface area contributed by atoms with Crippen molar-refractivity contribution in [3.05, 3.63) is 0 Å². The van der Waals surface area contributed by atoms with Gasteiger partial charge < -0.3 is 10.2 Å². The maximum Gasteiger partial charge on any atom is 0.153 e. The van der Waals surface area contributed by atoms with Crippen molar-refractivity contribution in [2.75, 3.05) is 31.1 Å². The molecule has 0 aromatic carbocycles. The lowest BCUT2D eigenvalue weighted by Gasteiger charge is -2.27. The second kappa shape index (κ2) is 5.67. The van der Waals surface area contributed by atoms with E-state index in [-0.39, 0.29) is 6.04 Å². The van der Waals surface area contributed by atoms with Crippen molar-refractivity contribution in [3.8, 4) is 0 Å². The van der Waals surface area contributed by atoms with Gasteiger partial charge in [0, 0.05) is 18.6 Å². The Morgan fingerprint density at radius 3 is 2.65 bits per heavy atom. The summed E-state index contributed by atoms with van der Waals surface area (Å²) in [5, 5.41) is 3.33. The third-order valence-corrected chi connectivity index (χ3v) is 5.38. The minimum Gasteiger partial charge on any atom is -0.312 e. The number of nitrogens with zero attached hydrogens (tertiary/aromatic N) is 1. The van der Waals surface area contributed by atoms with Gasteiger partial charge in [0.15, 0.2) is 9.84 Å². The van der Waals surface area contributed by atoms with E-state index in [4.69, 9.17) is 0 Å². The minimum atomic E-state index is -2.78. The van der Waals surface area contributed by atoms with Gasteiger partial charge in [-0.2, -0.15) is 0 Å². The molecule has 0 spiro atoms. The van der Waals surface area contributed by atoms with Gasteiger partial charge in [-0.1, -0.05) is 6.92 Å². The number of hydrogen-bond acceptors (Lipinski definition) is 4. The van der Waals surface area contributed by atoms with Gasteiger partial charge >= 0.3 is 0 Å². The molecule has 4 nitrogen and oxygen atoms in total. The molecule has 1 unspecified atom stereocenters. The molecule has 5 heteroatoms. The minimum absolute atomic E-state index is 0.173. The third kappa shape index (κ3) is 4.23. The summed E-state index contributed by atoms with van der Waals surface area (Å²) in [5.41, 5.74) is 0. The zero-order valence-electron chi connectivity index (χ0n) is 10.7. The molecular formula is C12H24N2O2S. The zero-order chi connectivity index (χ0) is 12.3. The molecule has 17 heavy (non-hydrogen) atoms. The smallest absolute Gasteiger partial charge is 0.153 e. The fraction of sp³-hybridized carbons (Fsp3) is 1.00. The van der Waals surface area contributed by atoms with Crippen LogP contribution in [0, 0.1) is 0 Å². The van der Waals surface area contributed by atoms with Crippen LogP contribution in [-0.4, -0.2) is 56.5 Å². The van der Waals surface area contributed by atoms with Crippen molar-refractivity contribution in [1.82, 2.24) is 10.2 Å². The molecule has 0 bridgehead atoms. The lowest BCUT2D eigenvalue weighted by Crippen LogP contribution is -2.46. The monoisotopic (exact) mass is 260 g/mol. The van der Waals surface area contributed by atoms with Gasteiger partial charge in [-0.05, 0) is 38.8 Å². The van der Waals surface area contributed by atoms with Crippen LogP contribution in [0.5, 0.6) is 0 Å². The standard InChI is InChI=1S/C12H24N2O2S/c1-2-7-14(12-3-4-12)8-5-11-10-17(15,16)9-6-13-11/h11-13H,2-10H2,1H3. The molecule has 1 aliphatic heterocycles. The van der Waals surface area contributed by atoms with Crippen molar-refractivity contribution in [2.24, 2.45) is 0 Å². The van der Waals surface area contributed by atoms with E-state index in [9.17, 15) is 8.42 Å². The average molecular weight is 260 g/mol. The highest BCUT2D eigenvalue weighted by atomic mass is 32.2. The van der Waals surface area contributed by atoms with Crippen molar-refractivity contribution >= 4 is 9.84 Å². The molecule has 0 amide bonds. The molecule has 0 aromatic heterocycles. The highest BCUT2D eigenvalue weighted by Crippen LogP contribution is 2.27. The van der Waals surface area contributed by atoms with Crippen LogP contribution >= 0.6 is 0 Å². The Bertz CT molecular complexity index is 338. The van der Waals surface area contributed by atoms with Gasteiger partial charge in [0.25, 0.3) is 0 Å². The first-order valence-electron chi connectivity index (χ1n) is 6.78. The van der Waals surface area contributed by atoms with Gasteiger partial charge in [-0.3, -0.25) is 0 Å². The molecule has 1 atom stereocenters. The second-order valence-electron chi connectivity index (χ2n) is 5.32. The Morgan fingerprint density at radius 1 is 1.29 bits per heavy atom. The summed E-state index contributed by atoms with van der Waals surface area (Å²) in [6.07, 6.45) is 4.81. The highest BCUT2D eigenvalue weighted by Gasteiger charge is 2.30. The van der Waals surface area contributed by atoms with Gasteiger partial charge in [0.05, 0.1) is 11.5 Å². The van der Waals surface area contributed by atoms with Crippen LogP contribution in [0.15, 0.2) is 0 Å². The SMILES string of the molecule is CCCN(CCC1CS(=O)(=O)CCN1)C1CC1. The number of rotatable bonds is 6. The van der Waals surface area contributed by atoms with E-state index < -0.39 is 9.84 Å². The topological polar surface area (TPSA) is 49.4 Å². The molecule has 1 saturated heterocycles. The fourth-order valence-corrected chi connectivity index (χ4v) is 4.07. The normalized spacial score (nSPS) is 28.5. The third-order valence-electron chi connectivity index (χ3n) is 3.64. The molecule has 0 aromatic rings. The maximum atomic E-state index is 11.5. The zero-order valence-corrected chi connectivity index (χ0v) is 11.5. The Labute approximate surface area is 105 Å². The van der Waals surface area contributed by atoms with E-state index in [1.54, 1.807) is 0 Å². The van der Waals surface area contributed by atoms with E-state index in [0.29, 0.717) is 18.1 Å². The van der Waals surface area contributed by atoms with E-state index in [1.165, 1.54) is 19.3 Å². The Hall–Kier alpha value is -0.130. The summed E-state index contributed by atoms with van der Waals surface area (Å²) >= 11 is 0. The molecule has 1 saturated carbocycles.